The molecule has 3 rings (SSSR count). The maximum Gasteiger partial charge on any atom is 0.259 e. The number of nitrogens with zero attached hydrogens (tertiary/aromatic N) is 1. The Bertz CT molecular complexity index is 890. The van der Waals surface area contributed by atoms with Gasteiger partial charge in [0, 0.05) is 22.0 Å². The summed E-state index contributed by atoms with van der Waals surface area (Å²) in [6.07, 6.45) is 1.67. The van der Waals surface area contributed by atoms with Crippen LogP contribution in [0.5, 0.6) is 0 Å². The lowest BCUT2D eigenvalue weighted by molar-refractivity contribution is 0.102. The average Bonchev–Trinajstić information content (AvgIpc) is 2.64. The van der Waals surface area contributed by atoms with Crippen LogP contribution in [-0.2, 0) is 0 Å². The van der Waals surface area contributed by atoms with Gasteiger partial charge in [0.25, 0.3) is 5.91 Å². The van der Waals surface area contributed by atoms with Crippen LogP contribution in [0.1, 0.15) is 35.7 Å². The van der Waals surface area contributed by atoms with Crippen molar-refractivity contribution in [3.63, 3.8) is 0 Å². The van der Waals surface area contributed by atoms with Crippen molar-refractivity contribution in [1.29, 1.82) is 0 Å². The van der Waals surface area contributed by atoms with E-state index < -0.39 is 0 Å². The predicted molar refractivity (Wildman–Crippen MR) is 110 cm³/mol. The summed E-state index contributed by atoms with van der Waals surface area (Å²) in [5.41, 5.74) is 3.38. The Labute approximate surface area is 161 Å². The minimum Gasteiger partial charge on any atom is -0.340 e. The molecule has 1 amide bonds. The fourth-order valence-electron chi connectivity index (χ4n) is 2.51. The minimum atomic E-state index is -0.207. The van der Waals surface area contributed by atoms with Crippen molar-refractivity contribution in [1.82, 2.24) is 4.98 Å². The van der Waals surface area contributed by atoms with Crippen molar-refractivity contribution in [2.24, 2.45) is 0 Å². The molecule has 0 saturated carbocycles. The number of aromatic nitrogens is 1. The molecule has 4 nitrogen and oxygen atoms in total. The molecule has 5 heteroatoms. The standard InChI is InChI=1S/C21H20BrN3O/c1-14(2)15-5-9-17(10-6-15)24-20-19(4-3-13-23-20)21(26)25-18-11-7-16(22)8-12-18/h3-14H,1-2H3,(H,23,24)(H,25,26). The SMILES string of the molecule is CC(C)c1ccc(Nc2ncccc2C(=O)Nc2ccc(Br)cc2)cc1. The van der Waals surface area contributed by atoms with Gasteiger partial charge in [0.2, 0.25) is 0 Å². The lowest BCUT2D eigenvalue weighted by atomic mass is 10.0. The van der Waals surface area contributed by atoms with Crippen LogP contribution in [0.4, 0.5) is 17.2 Å². The van der Waals surface area contributed by atoms with Gasteiger partial charge < -0.3 is 10.6 Å². The van der Waals surface area contributed by atoms with E-state index in [0.29, 0.717) is 17.3 Å². The Morgan fingerprint density at radius 3 is 2.27 bits per heavy atom. The molecule has 0 aliphatic rings. The molecule has 26 heavy (non-hydrogen) atoms. The number of carbonyl (C=O) groups is 1. The molecule has 0 aliphatic carbocycles. The minimum absolute atomic E-state index is 0.207. The highest BCUT2D eigenvalue weighted by molar-refractivity contribution is 9.10. The Morgan fingerprint density at radius 1 is 0.962 bits per heavy atom. The second-order valence-corrected chi connectivity index (χ2v) is 7.18. The van der Waals surface area contributed by atoms with Crippen LogP contribution in [0.15, 0.2) is 71.3 Å². The summed E-state index contributed by atoms with van der Waals surface area (Å²) in [5.74, 6) is 0.798. The Balaban J connectivity index is 1.79. The van der Waals surface area contributed by atoms with E-state index in [-0.39, 0.29) is 5.91 Å². The smallest absolute Gasteiger partial charge is 0.259 e. The zero-order chi connectivity index (χ0) is 18.5. The molecule has 0 aliphatic heterocycles. The van der Waals surface area contributed by atoms with Gasteiger partial charge in [-0.25, -0.2) is 4.98 Å². The van der Waals surface area contributed by atoms with E-state index in [9.17, 15) is 4.79 Å². The van der Waals surface area contributed by atoms with E-state index in [4.69, 9.17) is 0 Å². The number of benzene rings is 2. The maximum atomic E-state index is 12.7. The second kappa shape index (κ2) is 8.15. The number of nitrogens with one attached hydrogen (secondary N) is 2. The van der Waals surface area contributed by atoms with Gasteiger partial charge in [0.1, 0.15) is 5.82 Å². The number of hydrogen-bond acceptors (Lipinski definition) is 3. The van der Waals surface area contributed by atoms with E-state index in [0.717, 1.165) is 15.8 Å². The Morgan fingerprint density at radius 2 is 1.62 bits per heavy atom. The topological polar surface area (TPSA) is 54.0 Å². The quantitative estimate of drug-likeness (QED) is 0.546. The van der Waals surface area contributed by atoms with Crippen molar-refractivity contribution in [2.45, 2.75) is 19.8 Å². The highest BCUT2D eigenvalue weighted by Crippen LogP contribution is 2.22. The van der Waals surface area contributed by atoms with Crippen molar-refractivity contribution >= 4 is 39.0 Å². The summed E-state index contributed by atoms with van der Waals surface area (Å²) in [7, 11) is 0. The van der Waals surface area contributed by atoms with Crippen LogP contribution in [-0.4, -0.2) is 10.9 Å². The van der Waals surface area contributed by atoms with Gasteiger partial charge in [-0.1, -0.05) is 41.9 Å². The summed E-state index contributed by atoms with van der Waals surface area (Å²) >= 11 is 3.39. The molecule has 0 radical (unpaired) electrons. The molecule has 0 bridgehead atoms. The summed E-state index contributed by atoms with van der Waals surface area (Å²) in [6.45, 7) is 4.32. The molecule has 2 aromatic carbocycles. The average molecular weight is 410 g/mol. The molecule has 1 aromatic heterocycles. The van der Waals surface area contributed by atoms with Crippen molar-refractivity contribution in [3.8, 4) is 0 Å². The molecule has 3 aromatic rings. The highest BCUT2D eigenvalue weighted by Gasteiger charge is 2.13. The molecule has 0 atom stereocenters. The number of amides is 1. The number of carbonyl (C=O) groups excluding carboxylic acids is 1. The van der Waals surface area contributed by atoms with Crippen LogP contribution in [0.3, 0.4) is 0 Å². The van der Waals surface area contributed by atoms with Gasteiger partial charge in [-0.05, 0) is 60.0 Å². The van der Waals surface area contributed by atoms with Crippen LogP contribution < -0.4 is 10.6 Å². The normalized spacial score (nSPS) is 10.6. The van der Waals surface area contributed by atoms with Gasteiger partial charge in [0.05, 0.1) is 5.56 Å². The van der Waals surface area contributed by atoms with E-state index >= 15 is 0 Å². The van der Waals surface area contributed by atoms with Crippen LogP contribution in [0.2, 0.25) is 0 Å². The van der Waals surface area contributed by atoms with Crippen molar-refractivity contribution in [3.05, 3.63) is 82.5 Å². The predicted octanol–water partition coefficient (Wildman–Crippen LogP) is 5.96. The second-order valence-electron chi connectivity index (χ2n) is 6.26. The maximum absolute atomic E-state index is 12.7. The van der Waals surface area contributed by atoms with Gasteiger partial charge in [-0.15, -0.1) is 0 Å². The van der Waals surface area contributed by atoms with E-state index in [1.54, 1.807) is 18.3 Å². The number of hydrogen-bond donors (Lipinski definition) is 2. The fraction of sp³-hybridized carbons (Fsp3) is 0.143. The summed E-state index contributed by atoms with van der Waals surface area (Å²) in [4.78, 5) is 17.0. The van der Waals surface area contributed by atoms with Gasteiger partial charge in [-0.2, -0.15) is 0 Å². The lowest BCUT2D eigenvalue weighted by Crippen LogP contribution is -2.14. The fourth-order valence-corrected chi connectivity index (χ4v) is 2.77. The molecule has 0 unspecified atom stereocenters. The summed E-state index contributed by atoms with van der Waals surface area (Å²) < 4.78 is 0.962. The Hall–Kier alpha value is -2.66. The summed E-state index contributed by atoms with van der Waals surface area (Å²) in [6, 6.07) is 19.1. The molecule has 1 heterocycles. The van der Waals surface area contributed by atoms with Crippen molar-refractivity contribution < 1.29 is 4.79 Å². The van der Waals surface area contributed by atoms with Crippen LogP contribution in [0.25, 0.3) is 0 Å². The van der Waals surface area contributed by atoms with Gasteiger partial charge in [0.15, 0.2) is 0 Å². The van der Waals surface area contributed by atoms with Gasteiger partial charge in [-0.3, -0.25) is 4.79 Å². The monoisotopic (exact) mass is 409 g/mol. The van der Waals surface area contributed by atoms with Gasteiger partial charge >= 0.3 is 0 Å². The zero-order valence-corrected chi connectivity index (χ0v) is 16.2. The molecular weight excluding hydrogens is 390 g/mol. The first-order chi connectivity index (χ1) is 12.5. The largest absolute Gasteiger partial charge is 0.340 e. The number of anilines is 3. The first kappa shape index (κ1) is 18.1. The number of halogens is 1. The third-order valence-electron chi connectivity index (χ3n) is 3.99. The zero-order valence-electron chi connectivity index (χ0n) is 14.7. The van der Waals surface area contributed by atoms with Crippen molar-refractivity contribution in [2.75, 3.05) is 10.6 Å². The van der Waals surface area contributed by atoms with Crippen LogP contribution in [0, 0.1) is 0 Å². The number of pyridine rings is 1. The van der Waals surface area contributed by atoms with Crippen LogP contribution >= 0.6 is 15.9 Å². The Kier molecular flexibility index (Phi) is 5.68. The van der Waals surface area contributed by atoms with E-state index in [1.165, 1.54) is 5.56 Å². The van der Waals surface area contributed by atoms with E-state index in [1.807, 2.05) is 36.4 Å². The molecule has 0 saturated heterocycles. The first-order valence-electron chi connectivity index (χ1n) is 8.42. The third kappa shape index (κ3) is 4.49. The molecule has 0 spiro atoms. The highest BCUT2D eigenvalue weighted by atomic mass is 79.9. The first-order valence-corrected chi connectivity index (χ1v) is 9.21. The molecule has 132 valence electrons. The lowest BCUT2D eigenvalue weighted by Gasteiger charge is -2.12. The molecule has 0 fully saturated rings. The summed E-state index contributed by atoms with van der Waals surface area (Å²) in [5, 5.41) is 6.13. The number of rotatable bonds is 5. The molecular formula is C21H20BrN3O. The molecule has 2 N–H and O–H groups in total. The third-order valence-corrected chi connectivity index (χ3v) is 4.52. The van der Waals surface area contributed by atoms with E-state index in [2.05, 4.69) is 57.5 Å².